The summed E-state index contributed by atoms with van der Waals surface area (Å²) in [6.45, 7) is 4.82. The minimum atomic E-state index is -3.86. The van der Waals surface area contributed by atoms with Crippen molar-refractivity contribution >= 4 is 19.4 Å². The molecule has 0 aliphatic carbocycles. The summed E-state index contributed by atoms with van der Waals surface area (Å²) in [6.07, 6.45) is 0. The van der Waals surface area contributed by atoms with Gasteiger partial charge in [-0.1, -0.05) is 12.1 Å². The molecular weight excluding hydrogens is 321 g/mol. The SMILES string of the molecule is CCOP(=O)(OCC)[C@H](O)[C@H](C)N1C(=O)c2ccccc2C1=O. The second kappa shape index (κ2) is 6.93. The van der Waals surface area contributed by atoms with Gasteiger partial charge >= 0.3 is 7.60 Å². The maximum absolute atomic E-state index is 12.7. The Labute approximate surface area is 134 Å². The highest BCUT2D eigenvalue weighted by Crippen LogP contribution is 2.54. The lowest BCUT2D eigenvalue weighted by Crippen LogP contribution is -2.45. The van der Waals surface area contributed by atoms with Crippen molar-refractivity contribution in [2.75, 3.05) is 13.2 Å². The van der Waals surface area contributed by atoms with Crippen LogP contribution >= 0.6 is 7.60 Å². The Morgan fingerprint density at radius 2 is 1.52 bits per heavy atom. The molecule has 0 fully saturated rings. The third-order valence-electron chi connectivity index (χ3n) is 3.61. The predicted molar refractivity (Wildman–Crippen MR) is 83.3 cm³/mol. The molecule has 0 saturated heterocycles. The Balaban J connectivity index is 2.30. The fourth-order valence-corrected chi connectivity index (χ4v) is 4.29. The van der Waals surface area contributed by atoms with E-state index in [1.54, 1.807) is 38.1 Å². The predicted octanol–water partition coefficient (Wildman–Crippen LogP) is 2.26. The lowest BCUT2D eigenvalue weighted by atomic mass is 10.1. The third-order valence-corrected chi connectivity index (χ3v) is 5.92. The van der Waals surface area contributed by atoms with Gasteiger partial charge in [-0.05, 0) is 32.9 Å². The van der Waals surface area contributed by atoms with Crippen LogP contribution in [0.5, 0.6) is 0 Å². The highest BCUT2D eigenvalue weighted by molar-refractivity contribution is 7.54. The first kappa shape index (κ1) is 17.8. The molecule has 1 aromatic carbocycles. The molecule has 1 aliphatic heterocycles. The van der Waals surface area contributed by atoms with E-state index < -0.39 is 31.3 Å². The summed E-state index contributed by atoms with van der Waals surface area (Å²) in [7, 11) is -3.86. The standard InChI is InChI=1S/C15H20NO6P/c1-4-21-23(20,22-5-2)15(19)10(3)16-13(17)11-8-6-7-9-12(11)14(16)18/h6-10,15,19H,4-5H2,1-3H3/t10-,15-/m0/s1. The number of aliphatic hydroxyl groups is 1. The second-order valence-electron chi connectivity index (χ2n) is 5.06. The Morgan fingerprint density at radius 3 is 1.91 bits per heavy atom. The summed E-state index contributed by atoms with van der Waals surface area (Å²) >= 11 is 0. The molecule has 7 nitrogen and oxygen atoms in total. The van der Waals surface area contributed by atoms with Gasteiger partial charge in [-0.25, -0.2) is 0 Å². The summed E-state index contributed by atoms with van der Waals surface area (Å²) in [4.78, 5) is 25.7. The first-order valence-corrected chi connectivity index (χ1v) is 9.02. The second-order valence-corrected chi connectivity index (χ2v) is 7.18. The molecule has 0 saturated carbocycles. The number of hydrogen-bond acceptors (Lipinski definition) is 6. The van der Waals surface area contributed by atoms with Crippen LogP contribution < -0.4 is 0 Å². The van der Waals surface area contributed by atoms with Crippen LogP contribution in [0, 0.1) is 0 Å². The molecule has 23 heavy (non-hydrogen) atoms. The van der Waals surface area contributed by atoms with Gasteiger partial charge in [0.2, 0.25) is 0 Å². The fraction of sp³-hybridized carbons (Fsp3) is 0.467. The molecular formula is C15H20NO6P. The molecule has 0 radical (unpaired) electrons. The molecule has 0 aromatic heterocycles. The average Bonchev–Trinajstić information content (AvgIpc) is 2.78. The Bertz CT molecular complexity index is 616. The van der Waals surface area contributed by atoms with Crippen LogP contribution in [0.2, 0.25) is 0 Å². The lowest BCUT2D eigenvalue weighted by molar-refractivity contribution is 0.0445. The van der Waals surface area contributed by atoms with Gasteiger partial charge in [0.25, 0.3) is 11.8 Å². The molecule has 1 aliphatic rings. The normalized spacial score (nSPS) is 17.3. The van der Waals surface area contributed by atoms with Crippen LogP contribution in [0.3, 0.4) is 0 Å². The number of imide groups is 1. The molecule has 0 unspecified atom stereocenters. The summed E-state index contributed by atoms with van der Waals surface area (Å²) in [5.74, 6) is -2.68. The smallest absolute Gasteiger partial charge is 0.360 e. The quantitative estimate of drug-likeness (QED) is 0.604. The number of fused-ring (bicyclic) bond motifs is 1. The van der Waals surface area contributed by atoms with Crippen molar-refractivity contribution in [1.29, 1.82) is 0 Å². The van der Waals surface area contributed by atoms with Crippen LogP contribution in [0.25, 0.3) is 0 Å². The van der Waals surface area contributed by atoms with Gasteiger partial charge in [-0.15, -0.1) is 0 Å². The van der Waals surface area contributed by atoms with Crippen molar-refractivity contribution in [1.82, 2.24) is 4.90 Å². The molecule has 1 N–H and O–H groups in total. The molecule has 8 heteroatoms. The van der Waals surface area contributed by atoms with Crippen LogP contribution in [-0.4, -0.2) is 46.9 Å². The Morgan fingerprint density at radius 1 is 1.09 bits per heavy atom. The van der Waals surface area contributed by atoms with Gasteiger partial charge in [0.05, 0.1) is 30.4 Å². The molecule has 126 valence electrons. The minimum absolute atomic E-state index is 0.0726. The molecule has 1 heterocycles. The highest BCUT2D eigenvalue weighted by Gasteiger charge is 2.47. The van der Waals surface area contributed by atoms with Crippen molar-refractivity contribution in [3.63, 3.8) is 0 Å². The van der Waals surface area contributed by atoms with Crippen molar-refractivity contribution in [3.05, 3.63) is 35.4 Å². The van der Waals surface area contributed by atoms with E-state index in [4.69, 9.17) is 9.05 Å². The van der Waals surface area contributed by atoms with Crippen molar-refractivity contribution in [2.24, 2.45) is 0 Å². The van der Waals surface area contributed by atoms with Crippen molar-refractivity contribution in [3.8, 4) is 0 Å². The molecule has 2 rings (SSSR count). The monoisotopic (exact) mass is 341 g/mol. The van der Waals surface area contributed by atoms with E-state index in [1.165, 1.54) is 6.92 Å². The lowest BCUT2D eigenvalue weighted by Gasteiger charge is -2.31. The zero-order valence-electron chi connectivity index (χ0n) is 13.3. The summed E-state index contributed by atoms with van der Waals surface area (Å²) in [5, 5.41) is 10.4. The highest BCUT2D eigenvalue weighted by atomic mass is 31.2. The molecule has 0 spiro atoms. The van der Waals surface area contributed by atoms with Gasteiger partial charge < -0.3 is 14.2 Å². The van der Waals surface area contributed by atoms with Crippen molar-refractivity contribution in [2.45, 2.75) is 32.7 Å². The third kappa shape index (κ3) is 3.10. The molecule has 0 bridgehead atoms. The number of benzene rings is 1. The largest absolute Gasteiger partial charge is 0.379 e. The van der Waals surface area contributed by atoms with E-state index in [0.717, 1.165) is 4.90 Å². The number of carbonyl (C=O) groups excluding carboxylic acids is 2. The van der Waals surface area contributed by atoms with E-state index in [1.807, 2.05) is 0 Å². The van der Waals surface area contributed by atoms with Crippen LogP contribution in [0.15, 0.2) is 24.3 Å². The fourth-order valence-electron chi connectivity index (χ4n) is 2.53. The van der Waals surface area contributed by atoms with Gasteiger partial charge in [-0.3, -0.25) is 19.1 Å². The van der Waals surface area contributed by atoms with Crippen LogP contribution in [0.1, 0.15) is 41.5 Å². The van der Waals surface area contributed by atoms with Crippen LogP contribution in [-0.2, 0) is 13.6 Å². The van der Waals surface area contributed by atoms with Gasteiger partial charge in [-0.2, -0.15) is 0 Å². The number of nitrogens with zero attached hydrogens (tertiary/aromatic N) is 1. The number of amides is 2. The Kier molecular flexibility index (Phi) is 5.37. The van der Waals surface area contributed by atoms with E-state index in [-0.39, 0.29) is 24.3 Å². The van der Waals surface area contributed by atoms with E-state index in [9.17, 15) is 19.3 Å². The molecule has 2 atom stereocenters. The Hall–Kier alpha value is -1.53. The average molecular weight is 341 g/mol. The summed E-state index contributed by atoms with van der Waals surface area (Å²) < 4.78 is 22.8. The zero-order valence-corrected chi connectivity index (χ0v) is 14.2. The summed E-state index contributed by atoms with van der Waals surface area (Å²) in [6, 6.07) is 5.34. The number of carbonyl (C=O) groups is 2. The maximum atomic E-state index is 12.7. The zero-order chi connectivity index (χ0) is 17.2. The number of aliphatic hydroxyl groups excluding tert-OH is 1. The first-order valence-electron chi connectivity index (χ1n) is 7.41. The topological polar surface area (TPSA) is 93.1 Å². The number of rotatable bonds is 7. The van der Waals surface area contributed by atoms with Crippen LogP contribution in [0.4, 0.5) is 0 Å². The van der Waals surface area contributed by atoms with Gasteiger partial charge in [0, 0.05) is 0 Å². The van der Waals surface area contributed by atoms with Gasteiger partial charge in [0.15, 0.2) is 5.85 Å². The van der Waals surface area contributed by atoms with Gasteiger partial charge in [0.1, 0.15) is 0 Å². The van der Waals surface area contributed by atoms with E-state index in [0.29, 0.717) is 0 Å². The van der Waals surface area contributed by atoms with E-state index >= 15 is 0 Å². The minimum Gasteiger partial charge on any atom is -0.379 e. The summed E-state index contributed by atoms with van der Waals surface area (Å²) in [5.41, 5.74) is 0.526. The molecule has 2 amide bonds. The number of hydrogen-bond donors (Lipinski definition) is 1. The maximum Gasteiger partial charge on any atom is 0.360 e. The first-order chi connectivity index (χ1) is 10.9. The van der Waals surface area contributed by atoms with Crippen molar-refractivity contribution < 1.29 is 28.3 Å². The van der Waals surface area contributed by atoms with E-state index in [2.05, 4.69) is 0 Å². The molecule has 1 aromatic rings.